The van der Waals surface area contributed by atoms with Crippen molar-refractivity contribution in [1.82, 2.24) is 4.90 Å². The Bertz CT molecular complexity index is 1350. The van der Waals surface area contributed by atoms with Gasteiger partial charge < -0.3 is 28.6 Å². The lowest BCUT2D eigenvalue weighted by Gasteiger charge is -2.58. The maximum atomic E-state index is 6.55. The number of allylic oxidation sites excluding steroid dienone is 5. The van der Waals surface area contributed by atoms with Crippen molar-refractivity contribution in [1.29, 1.82) is 0 Å². The van der Waals surface area contributed by atoms with Crippen molar-refractivity contribution in [3.05, 3.63) is 36.0 Å². The van der Waals surface area contributed by atoms with Crippen molar-refractivity contribution < 1.29 is 23.7 Å². The molecule has 5 aliphatic rings. The van der Waals surface area contributed by atoms with Crippen LogP contribution < -0.4 is 0 Å². The van der Waals surface area contributed by atoms with Gasteiger partial charge in [0.1, 0.15) is 0 Å². The Balaban J connectivity index is 0.941. The Hall–Kier alpha value is -1.02. The average molecular weight is 923 g/mol. The number of likely N-dealkylation sites (tertiary alicyclic amines) is 1. The number of piperidine rings is 1. The standard InChI is InChI=1S/C60H107NO5/c1-8-9-10-11-12-13-14-15-16-17-18-19-20-21-22-23-40-64-48-54(47-61-38-33-51(34-39-61)35-41-62-7)66-45-43-63-42-44-65-53-31-36-59(5)52(46-53)27-28-55-57-30-29-56(50(4)26-24-25-49(2)3)60(57,6)37-32-58(55)59/h12-13,15-16,27,49-51,53-58H,8-11,14,17-26,28-48H2,1-7H3/b13-12-,16-15-/t50-,53+,54?,55?,56-,57?,58?,59+,60-/m1/s1. The molecule has 0 amide bonds. The molecule has 1 aliphatic heterocycles. The molecule has 4 unspecified atom stereocenters. The van der Waals surface area contributed by atoms with Gasteiger partial charge in [0, 0.05) is 26.9 Å². The van der Waals surface area contributed by atoms with E-state index in [2.05, 4.69) is 76.8 Å². The predicted octanol–water partition coefficient (Wildman–Crippen LogP) is 15.4. The van der Waals surface area contributed by atoms with Gasteiger partial charge in [-0.05, 0) is 174 Å². The van der Waals surface area contributed by atoms with E-state index in [-0.39, 0.29) is 6.10 Å². The summed E-state index contributed by atoms with van der Waals surface area (Å²) in [4.78, 5) is 2.59. The van der Waals surface area contributed by atoms with Gasteiger partial charge in [0.15, 0.2) is 0 Å². The summed E-state index contributed by atoms with van der Waals surface area (Å²) in [5.74, 6) is 6.12. The van der Waals surface area contributed by atoms with Crippen LogP contribution in [0.2, 0.25) is 0 Å². The average Bonchev–Trinajstić information content (AvgIpc) is 3.67. The summed E-state index contributed by atoms with van der Waals surface area (Å²) in [6, 6.07) is 0. The first-order chi connectivity index (χ1) is 32.2. The Morgan fingerprint density at radius 3 is 2.21 bits per heavy atom. The van der Waals surface area contributed by atoms with E-state index in [0.717, 1.165) is 93.5 Å². The maximum Gasteiger partial charge on any atom is 0.0936 e. The minimum absolute atomic E-state index is 0.0843. The quantitative estimate of drug-likeness (QED) is 0.0466. The molecule has 9 atom stereocenters. The number of unbranched alkanes of at least 4 members (excludes halogenated alkanes) is 9. The molecule has 0 spiro atoms. The Morgan fingerprint density at radius 1 is 0.712 bits per heavy atom. The predicted molar refractivity (Wildman–Crippen MR) is 279 cm³/mol. The molecule has 0 aromatic rings. The number of ether oxygens (including phenoxy) is 5. The zero-order chi connectivity index (χ0) is 46.9. The molecule has 5 rings (SSSR count). The lowest BCUT2D eigenvalue weighted by molar-refractivity contribution is -0.0740. The molecule has 4 fully saturated rings. The van der Waals surface area contributed by atoms with E-state index < -0.39 is 0 Å². The number of hydrogen-bond donors (Lipinski definition) is 0. The van der Waals surface area contributed by atoms with Crippen molar-refractivity contribution in [3.8, 4) is 0 Å². The van der Waals surface area contributed by atoms with Crippen LogP contribution in [0.3, 0.4) is 0 Å². The first-order valence-electron chi connectivity index (χ1n) is 28.8. The van der Waals surface area contributed by atoms with Crippen LogP contribution in [0.5, 0.6) is 0 Å². The molecule has 382 valence electrons. The van der Waals surface area contributed by atoms with Gasteiger partial charge in [-0.25, -0.2) is 0 Å². The Labute approximate surface area is 409 Å². The number of rotatable bonds is 35. The highest BCUT2D eigenvalue weighted by Gasteiger charge is 2.59. The van der Waals surface area contributed by atoms with Gasteiger partial charge in [-0.15, -0.1) is 0 Å². The van der Waals surface area contributed by atoms with Gasteiger partial charge in [0.25, 0.3) is 0 Å². The zero-order valence-corrected chi connectivity index (χ0v) is 44.5. The van der Waals surface area contributed by atoms with E-state index in [4.69, 9.17) is 23.7 Å². The molecule has 3 saturated carbocycles. The number of hydrogen-bond acceptors (Lipinski definition) is 6. The molecule has 1 saturated heterocycles. The van der Waals surface area contributed by atoms with Crippen LogP contribution in [0.25, 0.3) is 0 Å². The lowest BCUT2D eigenvalue weighted by Crippen LogP contribution is -2.51. The second-order valence-corrected chi connectivity index (χ2v) is 23.3. The highest BCUT2D eigenvalue weighted by molar-refractivity contribution is 5.25. The number of nitrogens with zero attached hydrogens (tertiary/aromatic N) is 1. The van der Waals surface area contributed by atoms with Gasteiger partial charge in [0.05, 0.1) is 45.2 Å². The molecular formula is C60H107NO5. The van der Waals surface area contributed by atoms with Crippen LogP contribution in [0.15, 0.2) is 36.0 Å². The fraction of sp³-hybridized carbons (Fsp3) is 0.900. The fourth-order valence-electron chi connectivity index (χ4n) is 14.0. The highest BCUT2D eigenvalue weighted by Crippen LogP contribution is 2.67. The Morgan fingerprint density at radius 2 is 1.45 bits per heavy atom. The van der Waals surface area contributed by atoms with Crippen molar-refractivity contribution >= 4 is 0 Å². The summed E-state index contributed by atoms with van der Waals surface area (Å²) in [6.07, 6.45) is 46.5. The van der Waals surface area contributed by atoms with Crippen molar-refractivity contribution in [2.75, 3.05) is 73.0 Å². The summed E-state index contributed by atoms with van der Waals surface area (Å²) in [7, 11) is 1.82. The lowest BCUT2D eigenvalue weighted by atomic mass is 9.47. The second-order valence-electron chi connectivity index (χ2n) is 23.3. The summed E-state index contributed by atoms with van der Waals surface area (Å²) in [6.45, 7) is 23.2. The molecule has 6 nitrogen and oxygen atoms in total. The van der Waals surface area contributed by atoms with Gasteiger partial charge in [-0.3, -0.25) is 0 Å². The largest absolute Gasteiger partial charge is 0.385 e. The maximum absolute atomic E-state index is 6.55. The molecule has 0 N–H and O–H groups in total. The molecule has 0 aromatic heterocycles. The van der Waals surface area contributed by atoms with Gasteiger partial charge in [-0.1, -0.05) is 135 Å². The summed E-state index contributed by atoms with van der Waals surface area (Å²) < 4.78 is 30.8. The monoisotopic (exact) mass is 922 g/mol. The molecule has 66 heavy (non-hydrogen) atoms. The summed E-state index contributed by atoms with van der Waals surface area (Å²) in [5.41, 5.74) is 2.67. The van der Waals surface area contributed by atoms with Crippen LogP contribution in [0.1, 0.15) is 208 Å². The van der Waals surface area contributed by atoms with Crippen molar-refractivity contribution in [3.63, 3.8) is 0 Å². The topological polar surface area (TPSA) is 49.4 Å². The van der Waals surface area contributed by atoms with E-state index in [1.54, 1.807) is 5.57 Å². The SMILES string of the molecule is CCCCC/C=C\C/C=C\CCCCCCCCOCC(CN1CCC(CCOC)CC1)OCCOCCO[C@H]1CC[C@@]2(C)C(=CCC3C2CC[C@@]2(C)C3CC[C@@H]2[C@H](C)CCCC(C)C)C1. The van der Waals surface area contributed by atoms with E-state index in [1.165, 1.54) is 148 Å². The normalized spacial score (nSPS) is 29.4. The molecule has 6 heteroatoms. The second kappa shape index (κ2) is 31.3. The van der Waals surface area contributed by atoms with Crippen LogP contribution >= 0.6 is 0 Å². The fourth-order valence-corrected chi connectivity index (χ4v) is 14.0. The van der Waals surface area contributed by atoms with E-state index >= 15 is 0 Å². The smallest absolute Gasteiger partial charge is 0.0936 e. The van der Waals surface area contributed by atoms with E-state index in [9.17, 15) is 0 Å². The summed E-state index contributed by atoms with van der Waals surface area (Å²) >= 11 is 0. The van der Waals surface area contributed by atoms with E-state index in [1.807, 2.05) is 7.11 Å². The first-order valence-corrected chi connectivity index (χ1v) is 28.8. The van der Waals surface area contributed by atoms with Crippen LogP contribution in [-0.2, 0) is 23.7 Å². The zero-order valence-electron chi connectivity index (χ0n) is 44.5. The van der Waals surface area contributed by atoms with Crippen molar-refractivity contribution in [2.45, 2.75) is 221 Å². The summed E-state index contributed by atoms with van der Waals surface area (Å²) in [5, 5.41) is 0. The van der Waals surface area contributed by atoms with Crippen molar-refractivity contribution in [2.24, 2.45) is 52.3 Å². The minimum Gasteiger partial charge on any atom is -0.385 e. The molecule has 0 aromatic carbocycles. The van der Waals surface area contributed by atoms with Gasteiger partial charge in [0.2, 0.25) is 0 Å². The Kier molecular flexibility index (Phi) is 26.5. The molecular weight excluding hydrogens is 815 g/mol. The first kappa shape index (κ1) is 55.9. The third-order valence-electron chi connectivity index (χ3n) is 18.1. The number of methoxy groups -OCH3 is 1. The highest BCUT2D eigenvalue weighted by atomic mass is 16.6. The van der Waals surface area contributed by atoms with Gasteiger partial charge in [-0.2, -0.15) is 0 Å². The van der Waals surface area contributed by atoms with Crippen LogP contribution in [0, 0.1) is 52.3 Å². The molecule has 0 bridgehead atoms. The minimum atomic E-state index is 0.0843. The number of fused-ring (bicyclic) bond motifs is 5. The molecule has 1 heterocycles. The van der Waals surface area contributed by atoms with Gasteiger partial charge >= 0.3 is 0 Å². The van der Waals surface area contributed by atoms with E-state index in [0.29, 0.717) is 50.0 Å². The molecule has 0 radical (unpaired) electrons. The molecule has 4 aliphatic carbocycles. The third-order valence-corrected chi connectivity index (χ3v) is 18.1. The third kappa shape index (κ3) is 18.3. The van der Waals surface area contributed by atoms with Crippen LogP contribution in [-0.4, -0.2) is 90.1 Å². The van der Waals surface area contributed by atoms with Crippen LogP contribution in [0.4, 0.5) is 0 Å².